The van der Waals surface area contributed by atoms with Crippen LogP contribution in [-0.4, -0.2) is 52.8 Å². The number of benzene rings is 1. The minimum atomic E-state index is -1.03. The van der Waals surface area contributed by atoms with Crippen molar-refractivity contribution in [2.45, 2.75) is 44.9 Å². The number of amides is 2. The van der Waals surface area contributed by atoms with Gasteiger partial charge in [0, 0.05) is 37.7 Å². The van der Waals surface area contributed by atoms with Gasteiger partial charge in [-0.05, 0) is 57.2 Å². The van der Waals surface area contributed by atoms with Crippen LogP contribution >= 0.6 is 0 Å². The van der Waals surface area contributed by atoms with E-state index in [4.69, 9.17) is 4.42 Å². The summed E-state index contributed by atoms with van der Waals surface area (Å²) in [4.78, 5) is 33.3. The molecule has 0 saturated carbocycles. The molecule has 0 spiro atoms. The molecule has 8 heteroatoms. The smallest absolute Gasteiger partial charge is 0.276 e. The molecule has 2 amide bonds. The quantitative estimate of drug-likeness (QED) is 0.760. The van der Waals surface area contributed by atoms with Crippen LogP contribution in [0.15, 0.2) is 22.6 Å². The molecule has 4 rings (SSSR count). The predicted molar refractivity (Wildman–Crippen MR) is 105 cm³/mol. The second-order valence-corrected chi connectivity index (χ2v) is 8.01. The van der Waals surface area contributed by atoms with Gasteiger partial charge in [-0.25, -0.2) is 13.8 Å². The number of aromatic nitrogens is 1. The molecule has 0 radical (unpaired) electrons. The second kappa shape index (κ2) is 8.53. The molecule has 2 fully saturated rings. The van der Waals surface area contributed by atoms with Gasteiger partial charge in [0.25, 0.3) is 11.8 Å². The molecule has 1 aromatic carbocycles. The number of aryl methyl sites for hydroxylation is 1. The lowest BCUT2D eigenvalue weighted by Gasteiger charge is -2.30. The highest BCUT2D eigenvalue weighted by Crippen LogP contribution is 2.30. The summed E-state index contributed by atoms with van der Waals surface area (Å²) in [5.74, 6) is -1.32. The van der Waals surface area contributed by atoms with Gasteiger partial charge in [0.05, 0.1) is 0 Å². The van der Waals surface area contributed by atoms with E-state index in [1.54, 1.807) is 11.8 Å². The van der Waals surface area contributed by atoms with Gasteiger partial charge in [0.1, 0.15) is 5.76 Å². The molecule has 30 heavy (non-hydrogen) atoms. The Bertz CT molecular complexity index is 945. The Labute approximate surface area is 173 Å². The molecule has 2 aliphatic rings. The zero-order valence-electron chi connectivity index (χ0n) is 17.0. The van der Waals surface area contributed by atoms with Crippen molar-refractivity contribution in [1.82, 2.24) is 14.8 Å². The fraction of sp³-hybridized carbons (Fsp3) is 0.500. The lowest BCUT2D eigenvalue weighted by Crippen LogP contribution is -2.38. The fourth-order valence-corrected chi connectivity index (χ4v) is 4.18. The van der Waals surface area contributed by atoms with Crippen molar-refractivity contribution < 1.29 is 22.8 Å². The molecule has 160 valence electrons. The third-order valence-corrected chi connectivity index (χ3v) is 5.96. The Hall–Kier alpha value is -2.77. The fourth-order valence-electron chi connectivity index (χ4n) is 4.18. The SMILES string of the molecule is Cc1oc(C2CCN(C(=O)c3ccc(F)c(F)c3)CC2)nc1C(=O)N1CCCCC1. The Morgan fingerprint density at radius 2 is 1.63 bits per heavy atom. The van der Waals surface area contributed by atoms with Crippen LogP contribution in [0, 0.1) is 18.6 Å². The first-order valence-corrected chi connectivity index (χ1v) is 10.4. The van der Waals surface area contributed by atoms with Gasteiger partial charge in [-0.2, -0.15) is 0 Å². The van der Waals surface area contributed by atoms with Crippen molar-refractivity contribution >= 4 is 11.8 Å². The molecule has 0 unspecified atom stereocenters. The first-order valence-electron chi connectivity index (χ1n) is 10.4. The van der Waals surface area contributed by atoms with Crippen LogP contribution < -0.4 is 0 Å². The predicted octanol–water partition coefficient (Wildman–Crippen LogP) is 3.91. The number of halogens is 2. The van der Waals surface area contributed by atoms with Gasteiger partial charge < -0.3 is 14.2 Å². The van der Waals surface area contributed by atoms with Crippen LogP contribution in [0.1, 0.15) is 70.5 Å². The van der Waals surface area contributed by atoms with E-state index >= 15 is 0 Å². The van der Waals surface area contributed by atoms with Gasteiger partial charge in [-0.3, -0.25) is 9.59 Å². The first kappa shape index (κ1) is 20.5. The summed E-state index contributed by atoms with van der Waals surface area (Å²) in [5, 5.41) is 0. The summed E-state index contributed by atoms with van der Waals surface area (Å²) in [7, 11) is 0. The average Bonchev–Trinajstić information content (AvgIpc) is 3.17. The molecular formula is C22H25F2N3O3. The molecule has 0 bridgehead atoms. The van der Waals surface area contributed by atoms with Crippen molar-refractivity contribution in [2.75, 3.05) is 26.2 Å². The molecule has 0 N–H and O–H groups in total. The Morgan fingerprint density at radius 3 is 2.30 bits per heavy atom. The van der Waals surface area contributed by atoms with E-state index in [9.17, 15) is 18.4 Å². The highest BCUT2D eigenvalue weighted by Gasteiger charge is 2.30. The number of hydrogen-bond donors (Lipinski definition) is 0. The average molecular weight is 417 g/mol. The highest BCUT2D eigenvalue weighted by atomic mass is 19.2. The summed E-state index contributed by atoms with van der Waals surface area (Å²) in [6.07, 6.45) is 4.44. The number of nitrogens with zero attached hydrogens (tertiary/aromatic N) is 3. The van der Waals surface area contributed by atoms with Crippen molar-refractivity contribution in [3.05, 3.63) is 52.7 Å². The molecule has 2 aromatic rings. The number of likely N-dealkylation sites (tertiary alicyclic amines) is 2. The maximum Gasteiger partial charge on any atom is 0.276 e. The maximum absolute atomic E-state index is 13.4. The van der Waals surface area contributed by atoms with Crippen LogP contribution in [-0.2, 0) is 0 Å². The number of carbonyl (C=O) groups excluding carboxylic acids is 2. The van der Waals surface area contributed by atoms with Gasteiger partial charge in [-0.15, -0.1) is 0 Å². The van der Waals surface area contributed by atoms with E-state index in [0.717, 1.165) is 44.5 Å². The van der Waals surface area contributed by atoms with Gasteiger partial charge >= 0.3 is 0 Å². The Morgan fingerprint density at radius 1 is 0.967 bits per heavy atom. The molecular weight excluding hydrogens is 392 g/mol. The first-order chi connectivity index (χ1) is 14.4. The Kier molecular flexibility index (Phi) is 5.83. The molecule has 3 heterocycles. The van der Waals surface area contributed by atoms with Gasteiger partial charge in [0.15, 0.2) is 23.2 Å². The van der Waals surface area contributed by atoms with E-state index < -0.39 is 11.6 Å². The monoisotopic (exact) mass is 417 g/mol. The number of piperidine rings is 2. The molecule has 2 aliphatic heterocycles. The van der Waals surface area contributed by atoms with Crippen LogP contribution in [0.2, 0.25) is 0 Å². The van der Waals surface area contributed by atoms with Crippen molar-refractivity contribution in [2.24, 2.45) is 0 Å². The molecule has 1 aromatic heterocycles. The molecule has 2 saturated heterocycles. The van der Waals surface area contributed by atoms with Gasteiger partial charge in [-0.1, -0.05) is 0 Å². The lowest BCUT2D eigenvalue weighted by atomic mass is 9.96. The molecule has 6 nitrogen and oxygen atoms in total. The van der Waals surface area contributed by atoms with Gasteiger partial charge in [0.2, 0.25) is 0 Å². The summed E-state index contributed by atoms with van der Waals surface area (Å²) in [5.41, 5.74) is 0.515. The summed E-state index contributed by atoms with van der Waals surface area (Å²) < 4.78 is 32.4. The maximum atomic E-state index is 13.4. The topological polar surface area (TPSA) is 66.7 Å². The number of hydrogen-bond acceptors (Lipinski definition) is 4. The van der Waals surface area contributed by atoms with E-state index in [1.807, 2.05) is 4.90 Å². The normalized spacial score (nSPS) is 18.0. The lowest BCUT2D eigenvalue weighted by molar-refractivity contribution is 0.0703. The van der Waals surface area contributed by atoms with Crippen LogP contribution in [0.25, 0.3) is 0 Å². The number of carbonyl (C=O) groups is 2. The zero-order valence-corrected chi connectivity index (χ0v) is 17.0. The summed E-state index contributed by atoms with van der Waals surface area (Å²) >= 11 is 0. The highest BCUT2D eigenvalue weighted by molar-refractivity contribution is 5.94. The summed E-state index contributed by atoms with van der Waals surface area (Å²) in [6, 6.07) is 3.19. The number of oxazole rings is 1. The van der Waals surface area contributed by atoms with E-state index in [0.29, 0.717) is 43.3 Å². The van der Waals surface area contributed by atoms with Crippen LogP contribution in [0.5, 0.6) is 0 Å². The van der Waals surface area contributed by atoms with E-state index in [-0.39, 0.29) is 23.3 Å². The zero-order chi connectivity index (χ0) is 21.3. The third kappa shape index (κ3) is 4.08. The van der Waals surface area contributed by atoms with Crippen molar-refractivity contribution in [3.8, 4) is 0 Å². The van der Waals surface area contributed by atoms with Crippen LogP contribution in [0.3, 0.4) is 0 Å². The second-order valence-electron chi connectivity index (χ2n) is 8.01. The number of rotatable bonds is 3. The standard InChI is InChI=1S/C22H25F2N3O3/c1-14-19(22(29)26-9-3-2-4-10-26)25-20(30-14)15-7-11-27(12-8-15)21(28)16-5-6-17(23)18(24)13-16/h5-6,13,15H,2-4,7-12H2,1H3. The Balaban J connectivity index is 1.40. The largest absolute Gasteiger partial charge is 0.445 e. The minimum absolute atomic E-state index is 0.0145. The summed E-state index contributed by atoms with van der Waals surface area (Å²) in [6.45, 7) is 4.18. The molecule has 0 aliphatic carbocycles. The van der Waals surface area contributed by atoms with Crippen molar-refractivity contribution in [1.29, 1.82) is 0 Å². The van der Waals surface area contributed by atoms with Crippen LogP contribution in [0.4, 0.5) is 8.78 Å². The molecule has 0 atom stereocenters. The van der Waals surface area contributed by atoms with Crippen molar-refractivity contribution in [3.63, 3.8) is 0 Å². The minimum Gasteiger partial charge on any atom is -0.445 e. The van der Waals surface area contributed by atoms with E-state index in [2.05, 4.69) is 4.98 Å². The van der Waals surface area contributed by atoms with E-state index in [1.165, 1.54) is 6.07 Å². The third-order valence-electron chi connectivity index (χ3n) is 5.96.